The van der Waals surface area contributed by atoms with Crippen molar-refractivity contribution < 1.29 is 17.9 Å². The Morgan fingerprint density at radius 3 is 2.80 bits per heavy atom. The lowest BCUT2D eigenvalue weighted by molar-refractivity contribution is 0.102. The van der Waals surface area contributed by atoms with Crippen LogP contribution in [0.2, 0.25) is 0 Å². The quantitative estimate of drug-likeness (QED) is 0.497. The molecule has 154 valence electrons. The minimum Gasteiger partial charge on any atom is -0.494 e. The molecule has 0 saturated heterocycles. The molecule has 4 rings (SSSR count). The van der Waals surface area contributed by atoms with E-state index in [-0.39, 0.29) is 40.9 Å². The van der Waals surface area contributed by atoms with Crippen LogP contribution in [0.15, 0.2) is 58.0 Å². The van der Waals surface area contributed by atoms with Crippen molar-refractivity contribution in [2.75, 3.05) is 23.4 Å². The Morgan fingerprint density at radius 1 is 1.17 bits per heavy atom. The number of fused-ring (bicyclic) bond motifs is 6. The summed E-state index contributed by atoms with van der Waals surface area (Å²) in [6, 6.07) is 11.5. The Bertz CT molecular complexity index is 1250. The van der Waals surface area contributed by atoms with E-state index in [1.807, 2.05) is 0 Å². The minimum atomic E-state index is -3.65. The van der Waals surface area contributed by atoms with Crippen molar-refractivity contribution >= 4 is 43.2 Å². The maximum Gasteiger partial charge on any atom is 0.278 e. The highest BCUT2D eigenvalue weighted by atomic mass is 79.9. The molecular formula is C20H17BrN4O4S. The molecule has 0 saturated carbocycles. The maximum absolute atomic E-state index is 12.9. The van der Waals surface area contributed by atoms with E-state index in [2.05, 4.69) is 31.2 Å². The normalized spacial score (nSPS) is 15.7. The Kier molecular flexibility index (Phi) is 5.44. The predicted molar refractivity (Wildman–Crippen MR) is 116 cm³/mol. The van der Waals surface area contributed by atoms with Crippen LogP contribution in [-0.4, -0.2) is 36.7 Å². The first-order valence-corrected chi connectivity index (χ1v) is 11.5. The Balaban J connectivity index is 1.87. The van der Waals surface area contributed by atoms with Gasteiger partial charge in [0, 0.05) is 10.0 Å². The molecule has 0 spiro atoms. The molecule has 1 aromatic heterocycles. The first-order valence-electron chi connectivity index (χ1n) is 9.03. The highest BCUT2D eigenvalue weighted by Crippen LogP contribution is 2.32. The number of benzene rings is 2. The van der Waals surface area contributed by atoms with E-state index >= 15 is 0 Å². The molecule has 0 unspecified atom stereocenters. The van der Waals surface area contributed by atoms with E-state index in [1.54, 1.807) is 30.3 Å². The molecule has 2 aromatic carbocycles. The Morgan fingerprint density at radius 2 is 1.97 bits per heavy atom. The number of ether oxygens (including phenoxy) is 1. The molecular weight excluding hydrogens is 472 g/mol. The zero-order valence-electron chi connectivity index (χ0n) is 15.6. The number of nitrogens with two attached hydrogens (primary N) is 1. The summed E-state index contributed by atoms with van der Waals surface area (Å²) in [6.07, 6.45) is 1.75. The van der Waals surface area contributed by atoms with E-state index in [9.17, 15) is 13.2 Å². The van der Waals surface area contributed by atoms with E-state index < -0.39 is 15.7 Å². The first kappa shape index (κ1) is 20.3. The lowest BCUT2D eigenvalue weighted by Gasteiger charge is -2.12. The molecule has 1 aliphatic rings. The van der Waals surface area contributed by atoms with Crippen LogP contribution < -0.4 is 15.8 Å². The van der Waals surface area contributed by atoms with Gasteiger partial charge in [-0.25, -0.2) is 18.4 Å². The summed E-state index contributed by atoms with van der Waals surface area (Å²) in [5, 5.41) is 2.61. The average molecular weight is 489 g/mol. The molecule has 2 heterocycles. The lowest BCUT2D eigenvalue weighted by Crippen LogP contribution is -2.19. The number of nitrogens with one attached hydrogen (secondary N) is 1. The first-order chi connectivity index (χ1) is 14.3. The number of aromatic nitrogens is 2. The van der Waals surface area contributed by atoms with Crippen LogP contribution in [0.1, 0.15) is 16.9 Å². The highest BCUT2D eigenvalue weighted by molar-refractivity contribution is 9.10. The molecule has 0 aliphatic carbocycles. The molecule has 30 heavy (non-hydrogen) atoms. The van der Waals surface area contributed by atoms with Crippen LogP contribution >= 0.6 is 15.9 Å². The molecule has 1 amide bonds. The van der Waals surface area contributed by atoms with Gasteiger partial charge in [-0.2, -0.15) is 0 Å². The third kappa shape index (κ3) is 4.01. The van der Waals surface area contributed by atoms with Gasteiger partial charge in [0.15, 0.2) is 21.3 Å². The summed E-state index contributed by atoms with van der Waals surface area (Å²) in [5.41, 5.74) is 7.02. The second-order valence-electron chi connectivity index (χ2n) is 6.60. The van der Waals surface area contributed by atoms with Gasteiger partial charge in [-0.15, -0.1) is 0 Å². The second kappa shape index (κ2) is 8.04. The van der Waals surface area contributed by atoms with Crippen LogP contribution in [0.3, 0.4) is 0 Å². The smallest absolute Gasteiger partial charge is 0.278 e. The predicted octanol–water partition coefficient (Wildman–Crippen LogP) is 3.30. The number of anilines is 2. The molecule has 4 bridgehead atoms. The largest absolute Gasteiger partial charge is 0.494 e. The van der Waals surface area contributed by atoms with E-state index in [1.165, 1.54) is 18.3 Å². The van der Waals surface area contributed by atoms with Crippen LogP contribution in [-0.2, 0) is 9.84 Å². The van der Waals surface area contributed by atoms with Gasteiger partial charge in [0.1, 0.15) is 5.75 Å². The monoisotopic (exact) mass is 488 g/mol. The number of hydrogen-bond donors (Lipinski definition) is 2. The summed E-state index contributed by atoms with van der Waals surface area (Å²) >= 11 is 3.47. The fraction of sp³-hybridized carbons (Fsp3) is 0.150. The summed E-state index contributed by atoms with van der Waals surface area (Å²) in [5.74, 6) is -0.295. The average Bonchev–Trinajstić information content (AvgIpc) is 2.72. The van der Waals surface area contributed by atoms with Gasteiger partial charge in [0.2, 0.25) is 0 Å². The van der Waals surface area contributed by atoms with Gasteiger partial charge in [-0.1, -0.05) is 28.1 Å². The summed E-state index contributed by atoms with van der Waals surface area (Å²) in [7, 11) is -3.65. The zero-order chi connectivity index (χ0) is 21.3. The van der Waals surface area contributed by atoms with Gasteiger partial charge in [-0.3, -0.25) is 4.79 Å². The van der Waals surface area contributed by atoms with Crippen molar-refractivity contribution in [2.45, 2.75) is 11.3 Å². The number of carbonyl (C=O) groups excluding carboxylic acids is 1. The summed E-state index contributed by atoms with van der Waals surface area (Å²) in [4.78, 5) is 21.4. The molecule has 10 heteroatoms. The fourth-order valence-electron chi connectivity index (χ4n) is 3.06. The molecule has 0 radical (unpaired) electrons. The lowest BCUT2D eigenvalue weighted by atomic mass is 10.1. The number of amides is 1. The SMILES string of the molecule is Nc1ncc2nc1C(=O)Nc1ccccc1S(=O)(=O)CCCOc1ccc(Br)c-2c1. The van der Waals surface area contributed by atoms with E-state index in [0.29, 0.717) is 17.0 Å². The minimum absolute atomic E-state index is 0.0271. The standard InChI is InChI=1S/C20H17BrN4O4S/c21-14-7-6-12-10-13(14)16-11-23-19(22)18(24-16)20(26)25-15-4-1-2-5-17(15)30(27,28)9-3-8-29-12/h1-2,4-7,10-11H,3,8-9H2,(H2,22,23)(H,25,26). The summed E-state index contributed by atoms with van der Waals surface area (Å²) in [6.45, 7) is 0.216. The van der Waals surface area contributed by atoms with Crippen molar-refractivity contribution in [3.05, 3.63) is 58.8 Å². The summed E-state index contributed by atoms with van der Waals surface area (Å²) < 4.78 is 32.1. The highest BCUT2D eigenvalue weighted by Gasteiger charge is 2.22. The Labute approximate surface area is 181 Å². The number of nitrogens with zero attached hydrogens (tertiary/aromatic N) is 2. The van der Waals surface area contributed by atoms with Crippen molar-refractivity contribution in [3.63, 3.8) is 0 Å². The third-order valence-electron chi connectivity index (χ3n) is 4.53. The van der Waals surface area contributed by atoms with E-state index in [4.69, 9.17) is 10.5 Å². The molecule has 3 N–H and O–H groups in total. The van der Waals surface area contributed by atoms with Gasteiger partial charge < -0.3 is 15.8 Å². The molecule has 0 fully saturated rings. The van der Waals surface area contributed by atoms with Gasteiger partial charge in [-0.05, 0) is 36.8 Å². The van der Waals surface area contributed by atoms with Crippen LogP contribution in [0.25, 0.3) is 11.3 Å². The van der Waals surface area contributed by atoms with Crippen molar-refractivity contribution in [3.8, 4) is 17.0 Å². The van der Waals surface area contributed by atoms with Crippen molar-refractivity contribution in [2.24, 2.45) is 0 Å². The van der Waals surface area contributed by atoms with Crippen molar-refractivity contribution in [1.29, 1.82) is 0 Å². The van der Waals surface area contributed by atoms with Gasteiger partial charge >= 0.3 is 0 Å². The topological polar surface area (TPSA) is 124 Å². The number of para-hydroxylation sites is 1. The Hall–Kier alpha value is -2.98. The molecule has 8 nitrogen and oxygen atoms in total. The van der Waals surface area contributed by atoms with Gasteiger partial charge in [0.05, 0.1) is 34.8 Å². The fourth-order valence-corrected chi connectivity index (χ4v) is 4.96. The third-order valence-corrected chi connectivity index (χ3v) is 7.07. The number of hydrogen-bond acceptors (Lipinski definition) is 7. The number of halogens is 1. The zero-order valence-corrected chi connectivity index (χ0v) is 18.0. The number of carbonyl (C=O) groups is 1. The molecule has 3 aromatic rings. The van der Waals surface area contributed by atoms with Crippen LogP contribution in [0.5, 0.6) is 5.75 Å². The number of nitrogen functional groups attached to an aromatic ring is 1. The number of rotatable bonds is 0. The number of sulfone groups is 1. The van der Waals surface area contributed by atoms with E-state index in [0.717, 1.165) is 4.47 Å². The molecule has 0 atom stereocenters. The van der Waals surface area contributed by atoms with Gasteiger partial charge in [0.25, 0.3) is 5.91 Å². The van der Waals surface area contributed by atoms with Crippen molar-refractivity contribution in [1.82, 2.24) is 9.97 Å². The second-order valence-corrected chi connectivity index (χ2v) is 9.53. The van der Waals surface area contributed by atoms with Crippen LogP contribution in [0, 0.1) is 0 Å². The maximum atomic E-state index is 12.9. The van der Waals surface area contributed by atoms with Crippen LogP contribution in [0.4, 0.5) is 11.5 Å². The molecule has 1 aliphatic heterocycles.